The van der Waals surface area contributed by atoms with Gasteiger partial charge in [0.2, 0.25) is 0 Å². The highest BCUT2D eigenvalue weighted by Gasteiger charge is 2.22. The molecule has 0 amide bonds. The Morgan fingerprint density at radius 3 is 3.00 bits per heavy atom. The van der Waals surface area contributed by atoms with Crippen molar-refractivity contribution < 1.29 is 0 Å². The third-order valence-electron chi connectivity index (χ3n) is 2.30. The van der Waals surface area contributed by atoms with Gasteiger partial charge >= 0.3 is 0 Å². The summed E-state index contributed by atoms with van der Waals surface area (Å²) in [5, 5.41) is 15.0. The van der Waals surface area contributed by atoms with Crippen LogP contribution in [0.5, 0.6) is 0 Å². The molecule has 2 rings (SSSR count). The number of aromatic nitrogens is 5. The number of halogens is 1. The van der Waals surface area contributed by atoms with Gasteiger partial charge in [0.1, 0.15) is 11.7 Å². The van der Waals surface area contributed by atoms with Crippen LogP contribution in [0.1, 0.15) is 24.4 Å². The smallest absolute Gasteiger partial charge is 0.110 e. The van der Waals surface area contributed by atoms with E-state index in [2.05, 4.69) is 25.9 Å². The maximum Gasteiger partial charge on any atom is 0.110 e. The molecule has 4 N–H and O–H groups in total. The summed E-state index contributed by atoms with van der Waals surface area (Å²) in [6.45, 7) is 2.68. The van der Waals surface area contributed by atoms with Crippen LogP contribution >= 0.6 is 11.6 Å². The molecule has 1 atom stereocenters. The number of aryl methyl sites for hydroxylation is 1. The SMILES string of the molecule is CCn1ncc(Cl)c1C(NN)c1cn[nH]n1. The molecule has 2 aromatic rings. The highest BCUT2D eigenvalue weighted by Crippen LogP contribution is 2.26. The van der Waals surface area contributed by atoms with Crippen LogP contribution in [0.4, 0.5) is 0 Å². The zero-order chi connectivity index (χ0) is 11.5. The molecule has 7 nitrogen and oxygen atoms in total. The maximum absolute atomic E-state index is 6.08. The normalized spacial score (nSPS) is 12.9. The Morgan fingerprint density at radius 1 is 1.62 bits per heavy atom. The molecule has 8 heteroatoms. The van der Waals surface area contributed by atoms with E-state index in [4.69, 9.17) is 17.4 Å². The van der Waals surface area contributed by atoms with Gasteiger partial charge in [-0.05, 0) is 6.92 Å². The molecule has 0 aliphatic heterocycles. The standard InChI is InChI=1S/C8H12ClN7/c1-2-16-8(5(9)3-12-16)7(13-10)6-4-11-15-14-6/h3-4,7,13H,2,10H2,1H3,(H,11,14,15). The number of aromatic amines is 1. The molecule has 2 heterocycles. The molecular formula is C8H12ClN7. The minimum absolute atomic E-state index is 0.325. The van der Waals surface area contributed by atoms with Crippen molar-refractivity contribution >= 4 is 11.6 Å². The van der Waals surface area contributed by atoms with Gasteiger partial charge in [-0.1, -0.05) is 11.6 Å². The van der Waals surface area contributed by atoms with E-state index in [1.807, 2.05) is 6.92 Å². The first kappa shape index (κ1) is 11.1. The first-order valence-electron chi connectivity index (χ1n) is 4.81. The van der Waals surface area contributed by atoms with Gasteiger partial charge < -0.3 is 0 Å². The van der Waals surface area contributed by atoms with Gasteiger partial charge in [0.05, 0.1) is 23.1 Å². The summed E-state index contributed by atoms with van der Waals surface area (Å²) < 4.78 is 1.77. The van der Waals surface area contributed by atoms with Gasteiger partial charge in [-0.25, -0.2) is 5.43 Å². The van der Waals surface area contributed by atoms with Crippen LogP contribution in [0, 0.1) is 0 Å². The van der Waals surface area contributed by atoms with Crippen LogP contribution in [0.25, 0.3) is 0 Å². The Bertz CT molecular complexity index is 449. The number of hydrogen-bond acceptors (Lipinski definition) is 5. The van der Waals surface area contributed by atoms with Crippen molar-refractivity contribution in [3.8, 4) is 0 Å². The van der Waals surface area contributed by atoms with E-state index in [1.165, 1.54) is 0 Å². The molecule has 2 aromatic heterocycles. The summed E-state index contributed by atoms with van der Waals surface area (Å²) in [5.41, 5.74) is 4.10. The van der Waals surface area contributed by atoms with E-state index in [0.717, 1.165) is 5.69 Å². The van der Waals surface area contributed by atoms with Crippen molar-refractivity contribution in [1.29, 1.82) is 0 Å². The van der Waals surface area contributed by atoms with Crippen molar-refractivity contribution in [3.05, 3.63) is 28.8 Å². The van der Waals surface area contributed by atoms with Crippen LogP contribution in [0.2, 0.25) is 5.02 Å². The summed E-state index contributed by atoms with van der Waals surface area (Å²) in [6.07, 6.45) is 3.18. The highest BCUT2D eigenvalue weighted by molar-refractivity contribution is 6.31. The van der Waals surface area contributed by atoms with Crippen molar-refractivity contribution in [1.82, 2.24) is 30.6 Å². The predicted molar refractivity (Wildman–Crippen MR) is 58.5 cm³/mol. The van der Waals surface area contributed by atoms with E-state index < -0.39 is 0 Å². The number of nitrogens with zero attached hydrogens (tertiary/aromatic N) is 4. The average molecular weight is 242 g/mol. The topological polar surface area (TPSA) is 97.4 Å². The molecule has 0 aromatic carbocycles. The molecule has 0 aliphatic carbocycles. The second-order valence-corrected chi connectivity index (χ2v) is 3.60. The highest BCUT2D eigenvalue weighted by atomic mass is 35.5. The lowest BCUT2D eigenvalue weighted by Crippen LogP contribution is -2.31. The fourth-order valence-corrected chi connectivity index (χ4v) is 1.82. The van der Waals surface area contributed by atoms with Crippen LogP contribution in [0.15, 0.2) is 12.4 Å². The monoisotopic (exact) mass is 241 g/mol. The largest absolute Gasteiger partial charge is 0.270 e. The molecule has 0 saturated carbocycles. The molecule has 0 fully saturated rings. The van der Waals surface area contributed by atoms with E-state index in [0.29, 0.717) is 17.3 Å². The number of nitrogens with one attached hydrogen (secondary N) is 2. The third-order valence-corrected chi connectivity index (χ3v) is 2.59. The lowest BCUT2D eigenvalue weighted by Gasteiger charge is -2.15. The zero-order valence-corrected chi connectivity index (χ0v) is 9.44. The minimum atomic E-state index is -0.325. The quantitative estimate of drug-likeness (QED) is 0.526. The fraction of sp³-hybridized carbons (Fsp3) is 0.375. The minimum Gasteiger partial charge on any atom is -0.270 e. The molecule has 0 aliphatic rings. The first-order valence-corrected chi connectivity index (χ1v) is 5.18. The number of hydrazine groups is 1. The second-order valence-electron chi connectivity index (χ2n) is 3.19. The van der Waals surface area contributed by atoms with Crippen molar-refractivity contribution in [2.45, 2.75) is 19.5 Å². The Kier molecular flexibility index (Phi) is 3.18. The van der Waals surface area contributed by atoms with Crippen molar-refractivity contribution in [3.63, 3.8) is 0 Å². The third kappa shape index (κ3) is 1.80. The predicted octanol–water partition coefficient (Wildman–Crippen LogP) is 0.227. The van der Waals surface area contributed by atoms with E-state index in [9.17, 15) is 0 Å². The molecule has 0 radical (unpaired) electrons. The number of rotatable bonds is 4. The Morgan fingerprint density at radius 2 is 2.44 bits per heavy atom. The first-order chi connectivity index (χ1) is 7.77. The van der Waals surface area contributed by atoms with Gasteiger partial charge in [-0.15, -0.1) is 0 Å². The summed E-state index contributed by atoms with van der Waals surface area (Å²) in [4.78, 5) is 0. The molecule has 16 heavy (non-hydrogen) atoms. The van der Waals surface area contributed by atoms with Gasteiger partial charge in [0, 0.05) is 6.54 Å². The maximum atomic E-state index is 6.08. The number of nitrogens with two attached hydrogens (primary N) is 1. The average Bonchev–Trinajstić information content (AvgIpc) is 2.91. The van der Waals surface area contributed by atoms with Gasteiger partial charge in [-0.2, -0.15) is 20.5 Å². The van der Waals surface area contributed by atoms with E-state index in [1.54, 1.807) is 17.1 Å². The van der Waals surface area contributed by atoms with E-state index >= 15 is 0 Å². The summed E-state index contributed by atoms with van der Waals surface area (Å²) in [5.74, 6) is 5.52. The van der Waals surface area contributed by atoms with Crippen molar-refractivity contribution in [2.75, 3.05) is 0 Å². The van der Waals surface area contributed by atoms with Gasteiger partial charge in [0.15, 0.2) is 0 Å². The molecule has 1 unspecified atom stereocenters. The van der Waals surface area contributed by atoms with Crippen molar-refractivity contribution in [2.24, 2.45) is 5.84 Å². The van der Waals surface area contributed by atoms with E-state index in [-0.39, 0.29) is 6.04 Å². The van der Waals surface area contributed by atoms with Gasteiger partial charge in [-0.3, -0.25) is 10.5 Å². The molecular weight excluding hydrogens is 230 g/mol. The molecule has 86 valence electrons. The Hall–Kier alpha value is -1.44. The fourth-order valence-electron chi connectivity index (χ4n) is 1.56. The summed E-state index contributed by atoms with van der Waals surface area (Å²) >= 11 is 6.08. The van der Waals surface area contributed by atoms with Crippen LogP contribution in [-0.2, 0) is 6.54 Å². The number of hydrogen-bond donors (Lipinski definition) is 3. The van der Waals surface area contributed by atoms with Gasteiger partial charge in [0.25, 0.3) is 0 Å². The molecule has 0 spiro atoms. The zero-order valence-electron chi connectivity index (χ0n) is 8.68. The van der Waals surface area contributed by atoms with Crippen LogP contribution in [0.3, 0.4) is 0 Å². The Labute approximate surface area is 96.9 Å². The summed E-state index contributed by atoms with van der Waals surface area (Å²) in [6, 6.07) is -0.325. The number of H-pyrrole nitrogens is 1. The van der Waals surface area contributed by atoms with Crippen LogP contribution < -0.4 is 11.3 Å². The Balaban J connectivity index is 2.44. The lowest BCUT2D eigenvalue weighted by atomic mass is 10.1. The molecule has 0 bridgehead atoms. The van der Waals surface area contributed by atoms with Crippen LogP contribution in [-0.4, -0.2) is 25.2 Å². The lowest BCUT2D eigenvalue weighted by molar-refractivity contribution is 0.535. The second kappa shape index (κ2) is 4.60. The summed E-state index contributed by atoms with van der Waals surface area (Å²) in [7, 11) is 0. The molecule has 0 saturated heterocycles.